The number of pyridine rings is 1. The van der Waals surface area contributed by atoms with Crippen molar-refractivity contribution in [3.05, 3.63) is 23.0 Å². The lowest BCUT2D eigenvalue weighted by Crippen LogP contribution is -2.38. The summed E-state index contributed by atoms with van der Waals surface area (Å²) in [6, 6.07) is 1.89. The SMILES string of the molecule is CC(C)c1noc2nc(C3CC3)cc(C(=O)NC3CCC(C(=O)O)CC3)c12. The fraction of sp³-hybridized carbons (Fsp3) is 0.600. The Kier molecular flexibility index (Phi) is 4.61. The van der Waals surface area contributed by atoms with Gasteiger partial charge < -0.3 is 14.9 Å². The van der Waals surface area contributed by atoms with Crippen molar-refractivity contribution in [2.75, 3.05) is 0 Å². The van der Waals surface area contributed by atoms with Crippen molar-refractivity contribution < 1.29 is 19.2 Å². The van der Waals surface area contributed by atoms with Crippen LogP contribution in [0.1, 0.15) is 86.0 Å². The summed E-state index contributed by atoms with van der Waals surface area (Å²) in [7, 11) is 0. The molecule has 2 aromatic rings. The summed E-state index contributed by atoms with van der Waals surface area (Å²) in [5, 5.41) is 17.1. The van der Waals surface area contributed by atoms with Gasteiger partial charge in [0.2, 0.25) is 0 Å². The molecule has 2 saturated carbocycles. The van der Waals surface area contributed by atoms with Crippen LogP contribution in [-0.2, 0) is 4.79 Å². The van der Waals surface area contributed by atoms with Crippen LogP contribution in [0.3, 0.4) is 0 Å². The number of aliphatic carboxylic acids is 1. The van der Waals surface area contributed by atoms with E-state index >= 15 is 0 Å². The minimum Gasteiger partial charge on any atom is -0.481 e. The first-order valence-electron chi connectivity index (χ1n) is 9.78. The normalized spacial score (nSPS) is 22.9. The Morgan fingerprint density at radius 2 is 1.89 bits per heavy atom. The topological polar surface area (TPSA) is 105 Å². The molecule has 0 aliphatic heterocycles. The molecule has 2 aliphatic carbocycles. The molecule has 0 radical (unpaired) electrons. The summed E-state index contributed by atoms with van der Waals surface area (Å²) in [6.45, 7) is 4.03. The Bertz CT molecular complexity index is 877. The van der Waals surface area contributed by atoms with Crippen molar-refractivity contribution >= 4 is 23.0 Å². The monoisotopic (exact) mass is 371 g/mol. The zero-order chi connectivity index (χ0) is 19.1. The van der Waals surface area contributed by atoms with Crippen LogP contribution in [0.4, 0.5) is 0 Å². The molecule has 144 valence electrons. The van der Waals surface area contributed by atoms with Crippen molar-refractivity contribution in [2.45, 2.75) is 70.3 Å². The minimum atomic E-state index is -0.740. The van der Waals surface area contributed by atoms with E-state index in [4.69, 9.17) is 9.63 Å². The van der Waals surface area contributed by atoms with Gasteiger partial charge in [-0.1, -0.05) is 19.0 Å². The predicted molar refractivity (Wildman–Crippen MR) is 98.7 cm³/mol. The molecule has 1 amide bonds. The molecule has 2 fully saturated rings. The van der Waals surface area contributed by atoms with E-state index in [2.05, 4.69) is 15.5 Å². The van der Waals surface area contributed by atoms with Gasteiger partial charge in [0.25, 0.3) is 11.6 Å². The number of carbonyl (C=O) groups excluding carboxylic acids is 1. The summed E-state index contributed by atoms with van der Waals surface area (Å²) in [5.41, 5.74) is 2.66. The smallest absolute Gasteiger partial charge is 0.306 e. The van der Waals surface area contributed by atoms with Gasteiger partial charge in [0.15, 0.2) is 0 Å². The number of fused-ring (bicyclic) bond motifs is 1. The van der Waals surface area contributed by atoms with Gasteiger partial charge in [-0.3, -0.25) is 9.59 Å². The Morgan fingerprint density at radius 3 is 2.48 bits per heavy atom. The van der Waals surface area contributed by atoms with E-state index < -0.39 is 5.97 Å². The number of hydrogen-bond acceptors (Lipinski definition) is 5. The number of hydrogen-bond donors (Lipinski definition) is 2. The van der Waals surface area contributed by atoms with E-state index in [1.165, 1.54) is 0 Å². The van der Waals surface area contributed by atoms with E-state index in [9.17, 15) is 9.59 Å². The highest BCUT2D eigenvalue weighted by atomic mass is 16.5. The maximum Gasteiger partial charge on any atom is 0.306 e. The highest BCUT2D eigenvalue weighted by Gasteiger charge is 2.31. The first-order chi connectivity index (χ1) is 12.9. The van der Waals surface area contributed by atoms with E-state index in [1.54, 1.807) is 0 Å². The zero-order valence-corrected chi connectivity index (χ0v) is 15.7. The number of carboxylic acids is 1. The first kappa shape index (κ1) is 17.9. The molecule has 0 bridgehead atoms. The molecule has 0 saturated heterocycles. The van der Waals surface area contributed by atoms with Gasteiger partial charge in [0.1, 0.15) is 0 Å². The third-order valence-corrected chi connectivity index (χ3v) is 5.69. The largest absolute Gasteiger partial charge is 0.481 e. The quantitative estimate of drug-likeness (QED) is 0.832. The van der Waals surface area contributed by atoms with Crippen LogP contribution in [0.2, 0.25) is 0 Å². The summed E-state index contributed by atoms with van der Waals surface area (Å²) < 4.78 is 5.44. The second-order valence-corrected chi connectivity index (χ2v) is 8.13. The number of rotatable bonds is 5. The van der Waals surface area contributed by atoms with Crippen molar-refractivity contribution in [3.63, 3.8) is 0 Å². The molecule has 2 aliphatic rings. The third-order valence-electron chi connectivity index (χ3n) is 5.69. The lowest BCUT2D eigenvalue weighted by Gasteiger charge is -2.27. The van der Waals surface area contributed by atoms with Gasteiger partial charge in [0, 0.05) is 17.7 Å². The lowest BCUT2D eigenvalue weighted by atomic mass is 9.86. The fourth-order valence-electron chi connectivity index (χ4n) is 3.90. The first-order valence-corrected chi connectivity index (χ1v) is 9.78. The van der Waals surface area contributed by atoms with E-state index in [-0.39, 0.29) is 23.8 Å². The molecule has 0 atom stereocenters. The van der Waals surface area contributed by atoms with Gasteiger partial charge in [-0.15, -0.1) is 0 Å². The lowest BCUT2D eigenvalue weighted by molar-refractivity contribution is -0.142. The van der Waals surface area contributed by atoms with Crippen molar-refractivity contribution in [2.24, 2.45) is 5.92 Å². The maximum atomic E-state index is 13.1. The van der Waals surface area contributed by atoms with Crippen LogP contribution in [-0.4, -0.2) is 33.2 Å². The highest BCUT2D eigenvalue weighted by molar-refractivity contribution is 6.06. The number of carboxylic acid groups (broad SMARTS) is 1. The molecule has 2 aromatic heterocycles. The van der Waals surface area contributed by atoms with E-state index in [0.717, 1.165) is 24.2 Å². The standard InChI is InChI=1S/C20H25N3O4/c1-10(2)17-16-14(9-15(11-3-4-11)22-19(16)27-23-17)18(24)21-13-7-5-12(6-8-13)20(25)26/h9-13H,3-8H2,1-2H3,(H,21,24)(H,25,26). The van der Waals surface area contributed by atoms with Crippen LogP contribution in [0.25, 0.3) is 11.1 Å². The summed E-state index contributed by atoms with van der Waals surface area (Å²) >= 11 is 0. The molecule has 7 heteroatoms. The molecule has 0 unspecified atom stereocenters. The molecule has 0 aromatic carbocycles. The van der Waals surface area contributed by atoms with Crippen molar-refractivity contribution in [1.29, 1.82) is 0 Å². The highest BCUT2D eigenvalue weighted by Crippen LogP contribution is 2.41. The van der Waals surface area contributed by atoms with Crippen LogP contribution in [0.15, 0.2) is 10.6 Å². The molecule has 4 rings (SSSR count). The van der Waals surface area contributed by atoms with Crippen LogP contribution < -0.4 is 5.32 Å². The molecule has 27 heavy (non-hydrogen) atoms. The summed E-state index contributed by atoms with van der Waals surface area (Å²) in [5.74, 6) is -0.654. The van der Waals surface area contributed by atoms with Crippen LogP contribution in [0.5, 0.6) is 0 Å². The van der Waals surface area contributed by atoms with Gasteiger partial charge in [-0.05, 0) is 50.5 Å². The zero-order valence-electron chi connectivity index (χ0n) is 15.7. The molecule has 2 N–H and O–H groups in total. The fourth-order valence-corrected chi connectivity index (χ4v) is 3.90. The van der Waals surface area contributed by atoms with E-state index in [0.29, 0.717) is 48.3 Å². The van der Waals surface area contributed by atoms with Crippen LogP contribution in [0, 0.1) is 5.92 Å². The maximum absolute atomic E-state index is 13.1. The Hall–Kier alpha value is -2.44. The van der Waals surface area contributed by atoms with Crippen molar-refractivity contribution in [3.8, 4) is 0 Å². The van der Waals surface area contributed by atoms with Gasteiger partial charge in [-0.2, -0.15) is 0 Å². The minimum absolute atomic E-state index is 0.00282. The summed E-state index contributed by atoms with van der Waals surface area (Å²) in [6.07, 6.45) is 4.75. The third kappa shape index (κ3) is 3.55. The molecule has 0 spiro atoms. The number of nitrogens with zero attached hydrogens (tertiary/aromatic N) is 2. The summed E-state index contributed by atoms with van der Waals surface area (Å²) in [4.78, 5) is 28.8. The number of carbonyl (C=O) groups is 2. The molecule has 7 nitrogen and oxygen atoms in total. The van der Waals surface area contributed by atoms with Gasteiger partial charge >= 0.3 is 5.97 Å². The van der Waals surface area contributed by atoms with Gasteiger partial charge in [-0.25, -0.2) is 4.98 Å². The number of amides is 1. The number of nitrogens with one attached hydrogen (secondary N) is 1. The molecule has 2 heterocycles. The number of aromatic nitrogens is 2. The Labute approximate surface area is 157 Å². The molecular weight excluding hydrogens is 346 g/mol. The van der Waals surface area contributed by atoms with Crippen molar-refractivity contribution in [1.82, 2.24) is 15.5 Å². The second-order valence-electron chi connectivity index (χ2n) is 8.13. The molecular formula is C20H25N3O4. The van der Waals surface area contributed by atoms with Crippen LogP contribution >= 0.6 is 0 Å². The predicted octanol–water partition coefficient (Wildman–Crippen LogP) is 3.60. The second kappa shape index (κ2) is 6.94. The Balaban J connectivity index is 1.60. The average Bonchev–Trinajstić information content (AvgIpc) is 3.40. The average molecular weight is 371 g/mol. The Morgan fingerprint density at radius 1 is 1.19 bits per heavy atom. The van der Waals surface area contributed by atoms with Gasteiger partial charge in [0.05, 0.1) is 22.6 Å². The van der Waals surface area contributed by atoms with E-state index in [1.807, 2.05) is 19.9 Å².